The summed E-state index contributed by atoms with van der Waals surface area (Å²) >= 11 is 0. The number of nitrogen functional groups attached to an aromatic ring is 1. The molecule has 0 unspecified atom stereocenters. The average Bonchev–Trinajstić information content (AvgIpc) is 3.28. The minimum absolute atomic E-state index is 0.576. The van der Waals surface area contributed by atoms with Gasteiger partial charge in [-0.25, -0.2) is 15.8 Å². The molecule has 1 aromatic rings. The highest BCUT2D eigenvalue weighted by atomic mass is 15.3. The molecule has 104 valence electrons. The average molecular weight is 261 g/mol. The Balaban J connectivity index is 1.67. The van der Waals surface area contributed by atoms with E-state index in [2.05, 4.69) is 27.6 Å². The number of nitrogens with zero attached hydrogens (tertiary/aromatic N) is 2. The maximum Gasteiger partial charge on any atom is 0.145 e. The highest BCUT2D eigenvalue weighted by Gasteiger charge is 2.53. The molecule has 0 bridgehead atoms. The standard InChI is InChI=1S/C14H23N5/c1-2-3-11-17-12(8-13(18-11)19-15)16-9-14(6-7-14)10-4-5-10/h8,10H,2-7,9,15H2,1H3,(H2,16,17,18,19). The predicted octanol–water partition coefficient (Wildman–Crippen LogP) is 2.32. The van der Waals surface area contributed by atoms with Crippen LogP contribution in [0.4, 0.5) is 11.6 Å². The lowest BCUT2D eigenvalue weighted by Gasteiger charge is -2.16. The summed E-state index contributed by atoms with van der Waals surface area (Å²) in [6.07, 6.45) is 7.51. The molecule has 1 heterocycles. The van der Waals surface area contributed by atoms with E-state index in [4.69, 9.17) is 5.84 Å². The molecule has 2 saturated carbocycles. The third kappa shape index (κ3) is 2.81. The Morgan fingerprint density at radius 2 is 2.05 bits per heavy atom. The number of aromatic nitrogens is 2. The van der Waals surface area contributed by atoms with Crippen LogP contribution in [0.25, 0.3) is 0 Å². The lowest BCUT2D eigenvalue weighted by atomic mass is 10.0. The van der Waals surface area contributed by atoms with Gasteiger partial charge in [-0.2, -0.15) is 0 Å². The minimum Gasteiger partial charge on any atom is -0.369 e. The third-order valence-electron chi connectivity index (χ3n) is 4.35. The number of aryl methyl sites for hydroxylation is 1. The van der Waals surface area contributed by atoms with Crippen molar-refractivity contribution in [1.82, 2.24) is 9.97 Å². The first-order valence-electron chi connectivity index (χ1n) is 7.34. The van der Waals surface area contributed by atoms with Gasteiger partial charge in [0, 0.05) is 19.0 Å². The zero-order valence-corrected chi connectivity index (χ0v) is 11.6. The van der Waals surface area contributed by atoms with Crippen LogP contribution in [0.3, 0.4) is 0 Å². The van der Waals surface area contributed by atoms with Crippen LogP contribution in [0, 0.1) is 11.3 Å². The van der Waals surface area contributed by atoms with Gasteiger partial charge in [0.15, 0.2) is 0 Å². The van der Waals surface area contributed by atoms with Crippen LogP contribution >= 0.6 is 0 Å². The number of nitrogens with two attached hydrogens (primary N) is 1. The molecular formula is C14H23N5. The molecule has 0 spiro atoms. The summed E-state index contributed by atoms with van der Waals surface area (Å²) in [7, 11) is 0. The predicted molar refractivity (Wildman–Crippen MR) is 76.7 cm³/mol. The fraction of sp³-hybridized carbons (Fsp3) is 0.714. The van der Waals surface area contributed by atoms with E-state index in [-0.39, 0.29) is 0 Å². The summed E-state index contributed by atoms with van der Waals surface area (Å²) in [5.41, 5.74) is 3.20. The summed E-state index contributed by atoms with van der Waals surface area (Å²) in [5.74, 6) is 8.88. The van der Waals surface area contributed by atoms with Gasteiger partial charge in [-0.15, -0.1) is 0 Å². The summed E-state index contributed by atoms with van der Waals surface area (Å²) in [6.45, 7) is 3.18. The number of hydrazine groups is 1. The second-order valence-electron chi connectivity index (χ2n) is 5.94. The van der Waals surface area contributed by atoms with Crippen LogP contribution < -0.4 is 16.6 Å². The fourth-order valence-corrected chi connectivity index (χ4v) is 2.85. The highest BCUT2D eigenvalue weighted by Crippen LogP contribution is 2.61. The van der Waals surface area contributed by atoms with Crippen molar-refractivity contribution >= 4 is 11.6 Å². The van der Waals surface area contributed by atoms with Crippen molar-refractivity contribution in [2.45, 2.75) is 45.4 Å². The van der Waals surface area contributed by atoms with Crippen molar-refractivity contribution < 1.29 is 0 Å². The molecule has 1 aromatic heterocycles. The van der Waals surface area contributed by atoms with Crippen molar-refractivity contribution in [3.63, 3.8) is 0 Å². The molecule has 2 aliphatic carbocycles. The molecule has 3 rings (SSSR count). The van der Waals surface area contributed by atoms with E-state index in [1.54, 1.807) is 0 Å². The van der Waals surface area contributed by atoms with E-state index in [1.807, 2.05) is 6.07 Å². The molecule has 0 aliphatic heterocycles. The molecule has 0 aromatic carbocycles. The highest BCUT2D eigenvalue weighted by molar-refractivity contribution is 5.47. The molecule has 0 radical (unpaired) electrons. The summed E-state index contributed by atoms with van der Waals surface area (Å²) < 4.78 is 0. The van der Waals surface area contributed by atoms with Gasteiger partial charge < -0.3 is 10.7 Å². The van der Waals surface area contributed by atoms with Gasteiger partial charge in [-0.1, -0.05) is 6.92 Å². The largest absolute Gasteiger partial charge is 0.369 e. The number of hydrogen-bond donors (Lipinski definition) is 3. The topological polar surface area (TPSA) is 75.9 Å². The summed E-state index contributed by atoms with van der Waals surface area (Å²) in [5, 5.41) is 3.50. The SMILES string of the molecule is CCCc1nc(NN)cc(NCC2(C3CC3)CC2)n1. The summed E-state index contributed by atoms with van der Waals surface area (Å²) in [6, 6.07) is 1.89. The van der Waals surface area contributed by atoms with E-state index >= 15 is 0 Å². The van der Waals surface area contributed by atoms with Gasteiger partial charge >= 0.3 is 0 Å². The van der Waals surface area contributed by atoms with Gasteiger partial charge in [0.2, 0.25) is 0 Å². The number of anilines is 2. The maximum atomic E-state index is 5.47. The number of nitrogens with one attached hydrogen (secondary N) is 2. The van der Waals surface area contributed by atoms with Gasteiger partial charge in [0.25, 0.3) is 0 Å². The molecule has 2 fully saturated rings. The summed E-state index contributed by atoms with van der Waals surface area (Å²) in [4.78, 5) is 8.93. The van der Waals surface area contributed by atoms with Gasteiger partial charge in [-0.3, -0.25) is 0 Å². The fourth-order valence-electron chi connectivity index (χ4n) is 2.85. The van der Waals surface area contributed by atoms with Crippen LogP contribution in [0.15, 0.2) is 6.07 Å². The zero-order chi connectivity index (χ0) is 13.3. The first-order valence-corrected chi connectivity index (χ1v) is 7.34. The smallest absolute Gasteiger partial charge is 0.145 e. The maximum absolute atomic E-state index is 5.47. The number of hydrogen-bond acceptors (Lipinski definition) is 5. The van der Waals surface area contributed by atoms with E-state index in [0.29, 0.717) is 11.2 Å². The van der Waals surface area contributed by atoms with E-state index in [0.717, 1.165) is 36.9 Å². The molecule has 0 atom stereocenters. The van der Waals surface area contributed by atoms with Gasteiger partial charge in [0.05, 0.1) is 0 Å². The minimum atomic E-state index is 0.576. The molecule has 5 heteroatoms. The van der Waals surface area contributed by atoms with E-state index in [9.17, 15) is 0 Å². The third-order valence-corrected chi connectivity index (χ3v) is 4.35. The van der Waals surface area contributed by atoms with Crippen molar-refractivity contribution in [3.8, 4) is 0 Å². The molecular weight excluding hydrogens is 238 g/mol. The molecule has 0 saturated heterocycles. The van der Waals surface area contributed by atoms with Crippen LogP contribution in [-0.4, -0.2) is 16.5 Å². The Hall–Kier alpha value is -1.36. The van der Waals surface area contributed by atoms with Crippen LogP contribution in [0.1, 0.15) is 44.9 Å². The van der Waals surface area contributed by atoms with Gasteiger partial charge in [-0.05, 0) is 43.4 Å². The first-order chi connectivity index (χ1) is 9.25. The molecule has 19 heavy (non-hydrogen) atoms. The van der Waals surface area contributed by atoms with Crippen LogP contribution in [-0.2, 0) is 6.42 Å². The lowest BCUT2D eigenvalue weighted by Crippen LogP contribution is -2.19. The normalized spacial score (nSPS) is 20.1. The Bertz CT molecular complexity index is 451. The Morgan fingerprint density at radius 3 is 2.63 bits per heavy atom. The first kappa shape index (κ1) is 12.7. The Labute approximate surface area is 114 Å². The molecule has 5 nitrogen and oxygen atoms in total. The van der Waals surface area contributed by atoms with Crippen molar-refractivity contribution in [3.05, 3.63) is 11.9 Å². The Morgan fingerprint density at radius 1 is 1.32 bits per heavy atom. The zero-order valence-electron chi connectivity index (χ0n) is 11.6. The van der Waals surface area contributed by atoms with E-state index in [1.165, 1.54) is 25.7 Å². The lowest BCUT2D eigenvalue weighted by molar-refractivity contribution is 0.466. The van der Waals surface area contributed by atoms with Crippen LogP contribution in [0.2, 0.25) is 0 Å². The molecule has 4 N–H and O–H groups in total. The Kier molecular flexibility index (Phi) is 3.31. The van der Waals surface area contributed by atoms with Crippen molar-refractivity contribution in [2.24, 2.45) is 17.2 Å². The van der Waals surface area contributed by atoms with E-state index < -0.39 is 0 Å². The molecule has 2 aliphatic rings. The van der Waals surface area contributed by atoms with Crippen LogP contribution in [0.5, 0.6) is 0 Å². The van der Waals surface area contributed by atoms with Crippen molar-refractivity contribution in [1.29, 1.82) is 0 Å². The quantitative estimate of drug-likeness (QED) is 0.519. The molecule has 0 amide bonds. The monoisotopic (exact) mass is 261 g/mol. The van der Waals surface area contributed by atoms with Gasteiger partial charge in [0.1, 0.15) is 17.5 Å². The second-order valence-corrected chi connectivity index (χ2v) is 5.94. The van der Waals surface area contributed by atoms with Crippen molar-refractivity contribution in [2.75, 3.05) is 17.3 Å². The second kappa shape index (κ2) is 4.96. The number of rotatable bonds is 7.